The number of nitrogens with one attached hydrogen (secondary N) is 1. The van der Waals surface area contributed by atoms with E-state index < -0.39 is 0 Å². The Morgan fingerprint density at radius 2 is 2.06 bits per heavy atom. The van der Waals surface area contributed by atoms with E-state index in [1.807, 2.05) is 35.8 Å². The molecule has 2 aromatic heterocycles. The summed E-state index contributed by atoms with van der Waals surface area (Å²) in [4.78, 5) is 30.0. The zero-order chi connectivity index (χ0) is 22.7. The van der Waals surface area contributed by atoms with E-state index in [9.17, 15) is 9.59 Å². The van der Waals surface area contributed by atoms with E-state index >= 15 is 0 Å². The van der Waals surface area contributed by atoms with Crippen molar-refractivity contribution in [1.82, 2.24) is 19.4 Å². The van der Waals surface area contributed by atoms with Crippen LogP contribution in [0.15, 0.2) is 45.9 Å². The predicted octanol–water partition coefficient (Wildman–Crippen LogP) is 4.92. The maximum atomic E-state index is 12.9. The first kappa shape index (κ1) is 22.9. The molecule has 1 aromatic carbocycles. The van der Waals surface area contributed by atoms with Crippen LogP contribution in [0.2, 0.25) is 0 Å². The summed E-state index contributed by atoms with van der Waals surface area (Å²) >= 11 is 8.07. The molecule has 168 valence electrons. The van der Waals surface area contributed by atoms with Gasteiger partial charge in [0.25, 0.3) is 5.56 Å². The highest BCUT2D eigenvalue weighted by Crippen LogP contribution is 2.26. The van der Waals surface area contributed by atoms with Crippen LogP contribution in [0.3, 0.4) is 0 Å². The van der Waals surface area contributed by atoms with Crippen LogP contribution in [0.4, 0.5) is 0 Å². The van der Waals surface area contributed by atoms with Crippen molar-refractivity contribution in [2.24, 2.45) is 7.05 Å². The van der Waals surface area contributed by atoms with Crippen molar-refractivity contribution in [3.63, 3.8) is 0 Å². The van der Waals surface area contributed by atoms with Gasteiger partial charge in [-0.2, -0.15) is 0 Å². The van der Waals surface area contributed by atoms with Crippen molar-refractivity contribution in [2.75, 3.05) is 12.3 Å². The number of carbonyl (C=O) groups excluding carboxylic acids is 1. The van der Waals surface area contributed by atoms with Crippen LogP contribution in [-0.4, -0.2) is 32.3 Å². The molecule has 0 saturated carbocycles. The lowest BCUT2D eigenvalue weighted by atomic mass is 9.97. The Labute approximate surface area is 200 Å². The Morgan fingerprint density at radius 1 is 1.28 bits per heavy atom. The SMILES string of the molecule is Cc1ccc(-n2c(=S)sc3c(=O)n(C)c(SCC(=O)NCCC4=CCCCC4)nc32)cc1. The topological polar surface area (TPSA) is 68.9 Å². The maximum absolute atomic E-state index is 12.9. The summed E-state index contributed by atoms with van der Waals surface area (Å²) in [5.74, 6) is 0.154. The van der Waals surface area contributed by atoms with E-state index in [1.165, 1.54) is 46.1 Å². The molecule has 0 unspecified atom stereocenters. The Bertz CT molecular complexity index is 1290. The number of rotatable bonds is 7. The van der Waals surface area contributed by atoms with Gasteiger partial charge in [0.1, 0.15) is 4.70 Å². The van der Waals surface area contributed by atoms with Crippen LogP contribution < -0.4 is 10.9 Å². The van der Waals surface area contributed by atoms with Crippen molar-refractivity contribution in [2.45, 2.75) is 44.2 Å². The number of hydrogen-bond donors (Lipinski definition) is 1. The van der Waals surface area contributed by atoms with E-state index in [0.29, 0.717) is 26.0 Å². The van der Waals surface area contributed by atoms with Gasteiger partial charge in [-0.1, -0.05) is 52.4 Å². The molecule has 0 atom stereocenters. The molecule has 0 spiro atoms. The van der Waals surface area contributed by atoms with Gasteiger partial charge in [0.2, 0.25) is 5.91 Å². The van der Waals surface area contributed by atoms with Gasteiger partial charge in [-0.3, -0.25) is 18.7 Å². The summed E-state index contributed by atoms with van der Waals surface area (Å²) < 4.78 is 4.42. The van der Waals surface area contributed by atoms with Gasteiger partial charge < -0.3 is 5.32 Å². The summed E-state index contributed by atoms with van der Waals surface area (Å²) in [7, 11) is 1.68. The Balaban J connectivity index is 1.50. The van der Waals surface area contributed by atoms with E-state index in [-0.39, 0.29) is 17.2 Å². The first-order chi connectivity index (χ1) is 15.4. The van der Waals surface area contributed by atoms with Crippen LogP contribution in [0, 0.1) is 10.9 Å². The molecule has 32 heavy (non-hydrogen) atoms. The van der Waals surface area contributed by atoms with Gasteiger partial charge in [-0.25, -0.2) is 4.98 Å². The fourth-order valence-electron chi connectivity index (χ4n) is 3.74. The van der Waals surface area contributed by atoms with Gasteiger partial charge in [0.05, 0.1) is 5.75 Å². The molecule has 0 fully saturated rings. The zero-order valence-corrected chi connectivity index (χ0v) is 20.7. The van der Waals surface area contributed by atoms with Crippen LogP contribution >= 0.6 is 35.3 Å². The number of fused-ring (bicyclic) bond motifs is 1. The number of thiazole rings is 1. The zero-order valence-electron chi connectivity index (χ0n) is 18.2. The number of carbonyl (C=O) groups is 1. The first-order valence-corrected chi connectivity index (χ1v) is 12.9. The summed E-state index contributed by atoms with van der Waals surface area (Å²) in [6.45, 7) is 2.67. The molecule has 3 aromatic rings. The normalized spacial score (nSPS) is 13.9. The van der Waals surface area contributed by atoms with Crippen LogP contribution in [0.5, 0.6) is 0 Å². The van der Waals surface area contributed by atoms with Gasteiger partial charge in [-0.15, -0.1) is 0 Å². The molecule has 0 bridgehead atoms. The lowest BCUT2D eigenvalue weighted by Crippen LogP contribution is -2.27. The second kappa shape index (κ2) is 10.1. The fraction of sp³-hybridized carbons (Fsp3) is 0.391. The third-order valence-electron chi connectivity index (χ3n) is 5.55. The fourth-order valence-corrected chi connectivity index (χ4v) is 5.88. The standard InChI is InChI=1S/C23H26N4O2S3/c1-15-8-10-17(11-9-15)27-20-19(32-23(27)30)21(29)26(2)22(25-20)31-14-18(28)24-13-12-16-6-4-3-5-7-16/h6,8-11H,3-5,7,12-14H2,1-2H3,(H,24,28). The van der Waals surface area contributed by atoms with Gasteiger partial charge >= 0.3 is 0 Å². The van der Waals surface area contributed by atoms with Crippen molar-refractivity contribution in [3.05, 3.63) is 55.8 Å². The summed E-state index contributed by atoms with van der Waals surface area (Å²) in [5, 5.41) is 3.48. The molecule has 2 heterocycles. The molecular formula is C23H26N4O2S3. The molecule has 0 aliphatic heterocycles. The minimum atomic E-state index is -0.149. The van der Waals surface area contributed by atoms with E-state index in [4.69, 9.17) is 17.2 Å². The molecule has 0 radical (unpaired) electrons. The third-order valence-corrected chi connectivity index (χ3v) is 7.93. The molecule has 1 amide bonds. The lowest BCUT2D eigenvalue weighted by Gasteiger charge is -2.13. The Morgan fingerprint density at radius 3 is 2.78 bits per heavy atom. The highest BCUT2D eigenvalue weighted by molar-refractivity contribution is 7.99. The summed E-state index contributed by atoms with van der Waals surface area (Å²) in [6.07, 6.45) is 8.02. The van der Waals surface area contributed by atoms with E-state index in [1.54, 1.807) is 7.05 Å². The predicted molar refractivity (Wildman–Crippen MR) is 135 cm³/mol. The van der Waals surface area contributed by atoms with Crippen molar-refractivity contribution in [3.8, 4) is 5.69 Å². The number of benzene rings is 1. The molecule has 1 aliphatic rings. The minimum absolute atomic E-state index is 0.0542. The smallest absolute Gasteiger partial charge is 0.273 e. The molecular weight excluding hydrogens is 460 g/mol. The Kier molecular flexibility index (Phi) is 7.27. The number of thioether (sulfide) groups is 1. The number of hydrogen-bond acceptors (Lipinski definition) is 6. The van der Waals surface area contributed by atoms with E-state index in [2.05, 4.69) is 11.4 Å². The van der Waals surface area contributed by atoms with Crippen molar-refractivity contribution >= 4 is 51.6 Å². The summed E-state index contributed by atoms with van der Waals surface area (Å²) in [6, 6.07) is 7.95. The van der Waals surface area contributed by atoms with Gasteiger partial charge in [0, 0.05) is 19.3 Å². The maximum Gasteiger partial charge on any atom is 0.273 e. The van der Waals surface area contributed by atoms with Crippen LogP contribution in [-0.2, 0) is 11.8 Å². The number of allylic oxidation sites excluding steroid dienone is 1. The third kappa shape index (κ3) is 5.05. The highest BCUT2D eigenvalue weighted by atomic mass is 32.2. The molecule has 0 saturated heterocycles. The molecule has 6 nitrogen and oxygen atoms in total. The second-order valence-electron chi connectivity index (χ2n) is 7.95. The molecule has 1 aliphatic carbocycles. The van der Waals surface area contributed by atoms with Crippen molar-refractivity contribution in [1.29, 1.82) is 0 Å². The monoisotopic (exact) mass is 486 g/mol. The van der Waals surface area contributed by atoms with Crippen molar-refractivity contribution < 1.29 is 4.79 Å². The largest absolute Gasteiger partial charge is 0.355 e. The number of aryl methyl sites for hydroxylation is 1. The number of aromatic nitrogens is 3. The average Bonchev–Trinajstić information content (AvgIpc) is 3.12. The van der Waals surface area contributed by atoms with Gasteiger partial charge in [0.15, 0.2) is 14.8 Å². The number of nitrogens with zero attached hydrogens (tertiary/aromatic N) is 3. The molecule has 9 heteroatoms. The van der Waals surface area contributed by atoms with E-state index in [0.717, 1.165) is 30.5 Å². The second-order valence-corrected chi connectivity index (χ2v) is 10.5. The number of amides is 1. The minimum Gasteiger partial charge on any atom is -0.355 e. The first-order valence-electron chi connectivity index (χ1n) is 10.7. The van der Waals surface area contributed by atoms with Gasteiger partial charge in [-0.05, 0) is 63.4 Å². The highest BCUT2D eigenvalue weighted by Gasteiger charge is 2.17. The average molecular weight is 487 g/mol. The van der Waals surface area contributed by atoms with Crippen LogP contribution in [0.1, 0.15) is 37.7 Å². The lowest BCUT2D eigenvalue weighted by molar-refractivity contribution is -0.118. The summed E-state index contributed by atoms with van der Waals surface area (Å²) in [5.41, 5.74) is 3.85. The molecule has 4 rings (SSSR count). The van der Waals surface area contributed by atoms with Crippen LogP contribution in [0.25, 0.3) is 16.0 Å². The quantitative estimate of drug-likeness (QED) is 0.222. The molecule has 1 N–H and O–H groups in total. The Hall–Kier alpha value is -2.23.